The molecule has 0 saturated carbocycles. The van der Waals surface area contributed by atoms with Crippen molar-refractivity contribution >= 4 is 29.3 Å². The first-order valence-electron chi connectivity index (χ1n) is 9.93. The van der Waals surface area contributed by atoms with Gasteiger partial charge in [0.25, 0.3) is 0 Å². The van der Waals surface area contributed by atoms with Gasteiger partial charge in [-0.05, 0) is 26.0 Å². The number of para-hydroxylation sites is 1. The third-order valence-electron chi connectivity index (χ3n) is 4.63. The molecule has 0 radical (unpaired) electrons. The lowest BCUT2D eigenvalue weighted by Gasteiger charge is -2.16. The van der Waals surface area contributed by atoms with Crippen LogP contribution in [0.5, 0.6) is 5.75 Å². The van der Waals surface area contributed by atoms with Gasteiger partial charge in [0, 0.05) is 24.0 Å². The Balaban J connectivity index is 1.69. The van der Waals surface area contributed by atoms with Crippen molar-refractivity contribution in [2.24, 2.45) is 0 Å². The predicted octanol–water partition coefficient (Wildman–Crippen LogP) is 4.39. The maximum absolute atomic E-state index is 13.3. The fraction of sp³-hybridized carbons (Fsp3) is 0.130. The van der Waals surface area contributed by atoms with E-state index in [9.17, 15) is 9.18 Å². The Bertz CT molecular complexity index is 1290. The third-order valence-corrected chi connectivity index (χ3v) is 4.63. The number of aryl methyl sites for hydroxylation is 2. The van der Waals surface area contributed by atoms with Crippen molar-refractivity contribution in [2.75, 3.05) is 17.7 Å². The van der Waals surface area contributed by atoms with E-state index in [-0.39, 0.29) is 0 Å². The zero-order valence-corrected chi connectivity index (χ0v) is 18.1. The van der Waals surface area contributed by atoms with E-state index in [1.807, 2.05) is 6.92 Å². The fourth-order valence-corrected chi connectivity index (χ4v) is 3.28. The molecule has 2 N–H and O–H groups in total. The Morgan fingerprint density at radius 3 is 2.42 bits per heavy atom. The normalized spacial score (nSPS) is 10.5. The molecule has 0 saturated heterocycles. The van der Waals surface area contributed by atoms with Gasteiger partial charge < -0.3 is 15.4 Å². The molecule has 0 aliphatic rings. The van der Waals surface area contributed by atoms with E-state index < -0.39 is 5.82 Å². The summed E-state index contributed by atoms with van der Waals surface area (Å²) >= 11 is 0. The maximum Gasteiger partial charge on any atom is 0.163 e. The summed E-state index contributed by atoms with van der Waals surface area (Å²) in [6, 6.07) is 8.81. The number of pyridine rings is 1. The number of carbonyl (C=O) groups excluding carboxylic acids is 1. The molecule has 1 aromatic carbocycles. The van der Waals surface area contributed by atoms with Gasteiger partial charge in [0.1, 0.15) is 17.5 Å². The highest BCUT2D eigenvalue weighted by molar-refractivity contribution is 5.88. The lowest BCUT2D eigenvalue weighted by molar-refractivity contribution is 0.112. The first kappa shape index (κ1) is 21.8. The zero-order chi connectivity index (χ0) is 23.4. The molecule has 4 rings (SSSR count). The molecule has 0 amide bonds. The van der Waals surface area contributed by atoms with E-state index in [2.05, 4.69) is 35.6 Å². The minimum Gasteiger partial charge on any atom is -0.494 e. The van der Waals surface area contributed by atoms with Crippen LogP contribution in [0.1, 0.15) is 21.9 Å². The number of aldehydes is 1. The number of rotatable bonds is 7. The highest BCUT2D eigenvalue weighted by Crippen LogP contribution is 2.37. The van der Waals surface area contributed by atoms with Gasteiger partial charge in [-0.25, -0.2) is 29.3 Å². The van der Waals surface area contributed by atoms with Crippen molar-refractivity contribution in [1.82, 2.24) is 24.9 Å². The number of halogens is 1. The lowest BCUT2D eigenvalue weighted by atomic mass is 10.1. The monoisotopic (exact) mass is 445 g/mol. The van der Waals surface area contributed by atoms with Gasteiger partial charge in [-0.2, -0.15) is 0 Å². The molecule has 166 valence electrons. The van der Waals surface area contributed by atoms with Crippen LogP contribution in [0.2, 0.25) is 0 Å². The van der Waals surface area contributed by atoms with E-state index in [1.165, 1.54) is 13.3 Å². The summed E-state index contributed by atoms with van der Waals surface area (Å²) in [5, 5.41) is 6.34. The van der Waals surface area contributed by atoms with Crippen LogP contribution in [0.25, 0.3) is 11.4 Å². The molecule has 3 heterocycles. The number of anilines is 4. The molecule has 10 heteroatoms. The summed E-state index contributed by atoms with van der Waals surface area (Å²) < 4.78 is 18.8. The molecule has 0 aliphatic heterocycles. The van der Waals surface area contributed by atoms with E-state index >= 15 is 0 Å². The SMILES string of the molecule is COc1c(Nc2cc(Nc3cc(C)nc(C)n3)ncc2C=O)cccc1-c1ncc(F)cn1. The lowest BCUT2D eigenvalue weighted by Crippen LogP contribution is -2.04. The number of hydrogen-bond acceptors (Lipinski definition) is 9. The summed E-state index contributed by atoms with van der Waals surface area (Å²) in [4.78, 5) is 32.6. The summed E-state index contributed by atoms with van der Waals surface area (Å²) in [6.45, 7) is 3.68. The van der Waals surface area contributed by atoms with Crippen LogP contribution >= 0.6 is 0 Å². The number of nitrogens with one attached hydrogen (secondary N) is 2. The molecule has 0 fully saturated rings. The summed E-state index contributed by atoms with van der Waals surface area (Å²) in [6.07, 6.45) is 4.34. The largest absolute Gasteiger partial charge is 0.494 e. The molecule has 4 aromatic rings. The van der Waals surface area contributed by atoms with Crippen LogP contribution in [0.15, 0.2) is 48.9 Å². The number of methoxy groups -OCH3 is 1. The van der Waals surface area contributed by atoms with E-state index in [0.29, 0.717) is 57.8 Å². The molecule has 33 heavy (non-hydrogen) atoms. The minimum atomic E-state index is -0.534. The van der Waals surface area contributed by atoms with Gasteiger partial charge >= 0.3 is 0 Å². The van der Waals surface area contributed by atoms with Crippen molar-refractivity contribution in [3.63, 3.8) is 0 Å². The molecule has 0 aliphatic carbocycles. The first-order valence-corrected chi connectivity index (χ1v) is 9.93. The Kier molecular flexibility index (Phi) is 6.16. The number of hydrogen-bond donors (Lipinski definition) is 2. The molecular formula is C23H20FN7O2. The smallest absolute Gasteiger partial charge is 0.163 e. The van der Waals surface area contributed by atoms with Crippen molar-refractivity contribution in [3.8, 4) is 17.1 Å². The van der Waals surface area contributed by atoms with Crippen molar-refractivity contribution in [3.05, 3.63) is 71.8 Å². The van der Waals surface area contributed by atoms with Crippen LogP contribution in [0.4, 0.5) is 27.4 Å². The first-order chi connectivity index (χ1) is 16.0. The summed E-state index contributed by atoms with van der Waals surface area (Å²) in [5.74, 6) is 1.91. The second-order valence-corrected chi connectivity index (χ2v) is 7.08. The third kappa shape index (κ3) is 4.90. The second kappa shape index (κ2) is 9.35. The van der Waals surface area contributed by atoms with Gasteiger partial charge in [0.2, 0.25) is 0 Å². The van der Waals surface area contributed by atoms with Gasteiger partial charge in [0.15, 0.2) is 23.7 Å². The molecular weight excluding hydrogens is 425 g/mol. The number of nitrogens with zero attached hydrogens (tertiary/aromatic N) is 5. The van der Waals surface area contributed by atoms with E-state index in [1.54, 1.807) is 37.3 Å². The summed E-state index contributed by atoms with van der Waals surface area (Å²) in [7, 11) is 1.51. The summed E-state index contributed by atoms with van der Waals surface area (Å²) in [5.41, 5.74) is 2.80. The topological polar surface area (TPSA) is 115 Å². The second-order valence-electron chi connectivity index (χ2n) is 7.08. The number of carbonyl (C=O) groups is 1. The molecule has 0 bridgehead atoms. The van der Waals surface area contributed by atoms with Crippen LogP contribution < -0.4 is 15.4 Å². The standard InChI is InChI=1S/C23H20FN7O2/c1-13-7-21(29-14(2)28-13)31-20-8-19(15(12-32)9-25-20)30-18-6-4-5-17(22(18)33-3)23-26-10-16(24)11-27-23/h4-12H,1-3H3,(H2,25,28,29,30,31). The van der Waals surface area contributed by atoms with Crippen LogP contribution in [0.3, 0.4) is 0 Å². The average Bonchev–Trinajstić information content (AvgIpc) is 2.79. The quantitative estimate of drug-likeness (QED) is 0.400. The van der Waals surface area contributed by atoms with E-state index in [0.717, 1.165) is 18.1 Å². The highest BCUT2D eigenvalue weighted by Gasteiger charge is 2.15. The Hall–Kier alpha value is -4.47. The maximum atomic E-state index is 13.3. The average molecular weight is 445 g/mol. The molecule has 3 aromatic heterocycles. The van der Waals surface area contributed by atoms with Crippen molar-refractivity contribution in [2.45, 2.75) is 13.8 Å². The molecule has 9 nitrogen and oxygen atoms in total. The number of ether oxygens (including phenoxy) is 1. The Labute approximate surface area is 189 Å². The Morgan fingerprint density at radius 1 is 0.939 bits per heavy atom. The predicted molar refractivity (Wildman–Crippen MR) is 122 cm³/mol. The fourth-order valence-electron chi connectivity index (χ4n) is 3.28. The Morgan fingerprint density at radius 2 is 1.73 bits per heavy atom. The molecule has 0 spiro atoms. The van der Waals surface area contributed by atoms with Crippen LogP contribution in [-0.2, 0) is 0 Å². The van der Waals surface area contributed by atoms with E-state index in [4.69, 9.17) is 4.74 Å². The number of benzene rings is 1. The van der Waals surface area contributed by atoms with Gasteiger partial charge in [-0.1, -0.05) is 6.07 Å². The van der Waals surface area contributed by atoms with Crippen LogP contribution in [-0.4, -0.2) is 38.3 Å². The molecule has 0 atom stereocenters. The zero-order valence-electron chi connectivity index (χ0n) is 18.1. The van der Waals surface area contributed by atoms with Crippen molar-refractivity contribution in [1.29, 1.82) is 0 Å². The number of aromatic nitrogens is 5. The highest BCUT2D eigenvalue weighted by atomic mass is 19.1. The van der Waals surface area contributed by atoms with Gasteiger partial charge in [-0.3, -0.25) is 4.79 Å². The minimum absolute atomic E-state index is 0.305. The van der Waals surface area contributed by atoms with Gasteiger partial charge in [0.05, 0.1) is 42.0 Å². The van der Waals surface area contributed by atoms with Crippen LogP contribution in [0, 0.1) is 19.7 Å². The van der Waals surface area contributed by atoms with Gasteiger partial charge in [-0.15, -0.1) is 0 Å². The molecule has 0 unspecified atom stereocenters. The van der Waals surface area contributed by atoms with Crippen molar-refractivity contribution < 1.29 is 13.9 Å².